The van der Waals surface area contributed by atoms with Crippen LogP contribution in [0.2, 0.25) is 0 Å². The van der Waals surface area contributed by atoms with E-state index in [-0.39, 0.29) is 12.5 Å². The summed E-state index contributed by atoms with van der Waals surface area (Å²) in [7, 11) is 0. The van der Waals surface area contributed by atoms with Gasteiger partial charge in [-0.1, -0.05) is 0 Å². The van der Waals surface area contributed by atoms with Gasteiger partial charge in [-0.3, -0.25) is 14.5 Å². The minimum atomic E-state index is -1.01. The molecule has 0 radical (unpaired) electrons. The van der Waals surface area contributed by atoms with Crippen LogP contribution in [0.25, 0.3) is 0 Å². The molecule has 0 aliphatic carbocycles. The Morgan fingerprint density at radius 1 is 1.57 bits per heavy atom. The monoisotopic (exact) mass is 200 g/mol. The Morgan fingerprint density at radius 3 is 2.79 bits per heavy atom. The molecule has 1 fully saturated rings. The predicted molar refractivity (Wildman–Crippen MR) is 50.9 cm³/mol. The van der Waals surface area contributed by atoms with E-state index in [1.54, 1.807) is 0 Å². The van der Waals surface area contributed by atoms with Crippen molar-refractivity contribution in [2.75, 3.05) is 19.6 Å². The molecular formula is C9H16N2O3. The number of carboxylic acids is 1. The fraction of sp³-hybridized carbons (Fsp3) is 0.778. The summed E-state index contributed by atoms with van der Waals surface area (Å²) < 4.78 is 0. The average Bonchev–Trinajstić information content (AvgIpc) is 2.49. The standard InChI is InChI=1S/C9H16N2O3/c1-7-3-2-4-11(7)6-8(12)10-5-9(13)14/h7H,2-6H2,1H3,(H,10,12)(H,13,14). The summed E-state index contributed by atoms with van der Waals surface area (Å²) in [6.45, 7) is 3.04. The summed E-state index contributed by atoms with van der Waals surface area (Å²) >= 11 is 0. The minimum absolute atomic E-state index is 0.207. The number of nitrogens with zero attached hydrogens (tertiary/aromatic N) is 1. The quantitative estimate of drug-likeness (QED) is 0.652. The number of hydrogen-bond acceptors (Lipinski definition) is 3. The van der Waals surface area contributed by atoms with Crippen LogP contribution in [0.3, 0.4) is 0 Å². The van der Waals surface area contributed by atoms with E-state index in [0.29, 0.717) is 12.6 Å². The number of carboxylic acid groups (broad SMARTS) is 1. The van der Waals surface area contributed by atoms with Gasteiger partial charge in [0.05, 0.1) is 6.54 Å². The van der Waals surface area contributed by atoms with Gasteiger partial charge in [0.1, 0.15) is 6.54 Å². The summed E-state index contributed by atoms with van der Waals surface area (Å²) in [5.41, 5.74) is 0. The summed E-state index contributed by atoms with van der Waals surface area (Å²) in [5, 5.41) is 10.7. The molecule has 1 atom stereocenters. The smallest absolute Gasteiger partial charge is 0.322 e. The maximum atomic E-state index is 11.2. The SMILES string of the molecule is CC1CCCN1CC(=O)NCC(=O)O. The molecule has 0 saturated carbocycles. The highest BCUT2D eigenvalue weighted by Crippen LogP contribution is 2.15. The van der Waals surface area contributed by atoms with Crippen molar-refractivity contribution in [2.45, 2.75) is 25.8 Å². The summed E-state index contributed by atoms with van der Waals surface area (Å²) in [5.74, 6) is -1.21. The Balaban J connectivity index is 2.22. The molecule has 1 rings (SSSR count). The van der Waals surface area contributed by atoms with Gasteiger partial charge in [-0.2, -0.15) is 0 Å². The van der Waals surface area contributed by atoms with Crippen LogP contribution in [0.1, 0.15) is 19.8 Å². The van der Waals surface area contributed by atoms with E-state index in [2.05, 4.69) is 17.1 Å². The van der Waals surface area contributed by atoms with Crippen LogP contribution >= 0.6 is 0 Å². The lowest BCUT2D eigenvalue weighted by Gasteiger charge is -2.19. The molecule has 0 aromatic carbocycles. The van der Waals surface area contributed by atoms with Crippen molar-refractivity contribution < 1.29 is 14.7 Å². The minimum Gasteiger partial charge on any atom is -0.480 e. The second-order valence-corrected chi connectivity index (χ2v) is 3.63. The van der Waals surface area contributed by atoms with Crippen molar-refractivity contribution in [3.8, 4) is 0 Å². The maximum absolute atomic E-state index is 11.2. The first-order valence-electron chi connectivity index (χ1n) is 4.82. The Bertz CT molecular complexity index is 230. The molecule has 0 spiro atoms. The molecule has 1 amide bonds. The molecule has 80 valence electrons. The largest absolute Gasteiger partial charge is 0.480 e. The topological polar surface area (TPSA) is 69.6 Å². The average molecular weight is 200 g/mol. The second kappa shape index (κ2) is 4.95. The number of carbonyl (C=O) groups is 2. The fourth-order valence-electron chi connectivity index (χ4n) is 1.64. The van der Waals surface area contributed by atoms with Gasteiger partial charge in [-0.05, 0) is 26.3 Å². The molecule has 2 N–H and O–H groups in total. The summed E-state index contributed by atoms with van der Waals surface area (Å²) in [6, 6.07) is 0.436. The fourth-order valence-corrected chi connectivity index (χ4v) is 1.64. The summed E-state index contributed by atoms with van der Waals surface area (Å²) in [4.78, 5) is 23.5. The van der Waals surface area contributed by atoms with Gasteiger partial charge >= 0.3 is 5.97 Å². The zero-order chi connectivity index (χ0) is 10.6. The van der Waals surface area contributed by atoms with E-state index in [1.807, 2.05) is 0 Å². The van der Waals surface area contributed by atoms with Crippen LogP contribution in [-0.2, 0) is 9.59 Å². The molecule has 1 saturated heterocycles. The first-order chi connectivity index (χ1) is 6.59. The molecule has 0 bridgehead atoms. The van der Waals surface area contributed by atoms with Crippen molar-refractivity contribution in [1.82, 2.24) is 10.2 Å². The third-order valence-corrected chi connectivity index (χ3v) is 2.47. The van der Waals surface area contributed by atoms with Gasteiger partial charge in [-0.25, -0.2) is 0 Å². The van der Waals surface area contributed by atoms with Gasteiger partial charge in [0.2, 0.25) is 5.91 Å². The molecule has 0 aromatic rings. The van der Waals surface area contributed by atoms with Crippen molar-refractivity contribution in [1.29, 1.82) is 0 Å². The maximum Gasteiger partial charge on any atom is 0.322 e. The van der Waals surface area contributed by atoms with Gasteiger partial charge in [0.15, 0.2) is 0 Å². The van der Waals surface area contributed by atoms with Crippen molar-refractivity contribution in [2.24, 2.45) is 0 Å². The molecule has 14 heavy (non-hydrogen) atoms. The van der Waals surface area contributed by atoms with E-state index in [9.17, 15) is 9.59 Å². The number of hydrogen-bond donors (Lipinski definition) is 2. The van der Waals surface area contributed by atoms with Crippen LogP contribution in [0.15, 0.2) is 0 Å². The first kappa shape index (κ1) is 11.0. The van der Waals surface area contributed by atoms with Gasteiger partial charge in [0.25, 0.3) is 0 Å². The van der Waals surface area contributed by atoms with Crippen LogP contribution in [0.4, 0.5) is 0 Å². The highest BCUT2D eigenvalue weighted by atomic mass is 16.4. The van der Waals surface area contributed by atoms with Crippen LogP contribution < -0.4 is 5.32 Å². The van der Waals surface area contributed by atoms with E-state index >= 15 is 0 Å². The van der Waals surface area contributed by atoms with Crippen LogP contribution in [-0.4, -0.2) is 47.6 Å². The summed E-state index contributed by atoms with van der Waals surface area (Å²) in [6.07, 6.45) is 2.24. The number of amides is 1. The van der Waals surface area contributed by atoms with Crippen molar-refractivity contribution >= 4 is 11.9 Å². The van der Waals surface area contributed by atoms with Gasteiger partial charge in [-0.15, -0.1) is 0 Å². The second-order valence-electron chi connectivity index (χ2n) is 3.63. The third-order valence-electron chi connectivity index (χ3n) is 2.47. The lowest BCUT2D eigenvalue weighted by atomic mass is 10.2. The predicted octanol–water partition coefficient (Wildman–Crippen LogP) is -0.328. The highest BCUT2D eigenvalue weighted by molar-refractivity contribution is 5.82. The first-order valence-corrected chi connectivity index (χ1v) is 4.82. The molecule has 5 nitrogen and oxygen atoms in total. The van der Waals surface area contributed by atoms with Crippen molar-refractivity contribution in [3.63, 3.8) is 0 Å². The molecule has 1 heterocycles. The lowest BCUT2D eigenvalue weighted by Crippen LogP contribution is -2.40. The van der Waals surface area contributed by atoms with Gasteiger partial charge < -0.3 is 10.4 Å². The number of likely N-dealkylation sites (tertiary alicyclic amines) is 1. The number of nitrogens with one attached hydrogen (secondary N) is 1. The third kappa shape index (κ3) is 3.33. The van der Waals surface area contributed by atoms with Crippen LogP contribution in [0, 0.1) is 0 Å². The number of aliphatic carboxylic acids is 1. The molecule has 0 aromatic heterocycles. The van der Waals surface area contributed by atoms with E-state index in [1.165, 1.54) is 0 Å². The normalized spacial score (nSPS) is 22.2. The van der Waals surface area contributed by atoms with Gasteiger partial charge in [0, 0.05) is 6.04 Å². The molecular weight excluding hydrogens is 184 g/mol. The number of rotatable bonds is 4. The zero-order valence-electron chi connectivity index (χ0n) is 8.32. The lowest BCUT2D eigenvalue weighted by molar-refractivity contribution is -0.138. The zero-order valence-corrected chi connectivity index (χ0v) is 8.32. The molecule has 1 aliphatic rings. The Labute approximate surface area is 83.1 Å². The van der Waals surface area contributed by atoms with E-state index < -0.39 is 5.97 Å². The Morgan fingerprint density at radius 2 is 2.29 bits per heavy atom. The Hall–Kier alpha value is -1.10. The van der Waals surface area contributed by atoms with E-state index in [0.717, 1.165) is 19.4 Å². The number of carbonyl (C=O) groups excluding carboxylic acids is 1. The Kier molecular flexibility index (Phi) is 3.88. The molecule has 5 heteroatoms. The highest BCUT2D eigenvalue weighted by Gasteiger charge is 2.22. The van der Waals surface area contributed by atoms with E-state index in [4.69, 9.17) is 5.11 Å². The van der Waals surface area contributed by atoms with Crippen LogP contribution in [0.5, 0.6) is 0 Å². The molecule has 1 unspecified atom stereocenters. The molecule has 1 aliphatic heterocycles. The van der Waals surface area contributed by atoms with Crippen molar-refractivity contribution in [3.05, 3.63) is 0 Å².